The Labute approximate surface area is 93.5 Å². The zero-order chi connectivity index (χ0) is 9.68. The maximum absolute atomic E-state index is 11.5. The van der Waals surface area contributed by atoms with E-state index in [1.165, 1.54) is 18.5 Å². The summed E-state index contributed by atoms with van der Waals surface area (Å²) in [6.07, 6.45) is 6.95. The van der Waals surface area contributed by atoms with Gasteiger partial charge in [-0.2, -0.15) is 0 Å². The molecule has 0 radical (unpaired) electrons. The van der Waals surface area contributed by atoms with Crippen molar-refractivity contribution in [3.05, 3.63) is 11.8 Å². The molecular formula is C10H16INO. The van der Waals surface area contributed by atoms with E-state index in [0.29, 0.717) is 4.43 Å². The van der Waals surface area contributed by atoms with Gasteiger partial charge in [-0.3, -0.25) is 4.79 Å². The first-order valence-corrected chi connectivity index (χ1v) is 6.37. The topological polar surface area (TPSA) is 20.3 Å². The van der Waals surface area contributed by atoms with E-state index in [1.807, 2.05) is 11.8 Å². The van der Waals surface area contributed by atoms with Crippen LogP contribution in [-0.2, 0) is 4.79 Å². The van der Waals surface area contributed by atoms with Crippen molar-refractivity contribution < 1.29 is 4.79 Å². The molecule has 0 atom stereocenters. The fourth-order valence-corrected chi connectivity index (χ4v) is 2.09. The smallest absolute Gasteiger partial charge is 0.236 e. The molecule has 0 bridgehead atoms. The number of hydrogen-bond donors (Lipinski definition) is 0. The van der Waals surface area contributed by atoms with Crippen molar-refractivity contribution in [2.24, 2.45) is 0 Å². The van der Waals surface area contributed by atoms with Crippen LogP contribution in [0.15, 0.2) is 11.8 Å². The first-order valence-electron chi connectivity index (χ1n) is 4.85. The first kappa shape index (κ1) is 11.0. The number of carbonyl (C=O) groups is 1. The molecule has 0 unspecified atom stereocenters. The van der Waals surface area contributed by atoms with Crippen molar-refractivity contribution in [3.8, 4) is 0 Å². The molecule has 1 aliphatic carbocycles. The highest BCUT2D eigenvalue weighted by Gasteiger charge is 2.15. The lowest BCUT2D eigenvalue weighted by Gasteiger charge is -2.25. The van der Waals surface area contributed by atoms with Crippen LogP contribution < -0.4 is 0 Å². The number of allylic oxidation sites excluding steroid dienone is 2. The van der Waals surface area contributed by atoms with Crippen LogP contribution in [0.3, 0.4) is 0 Å². The lowest BCUT2D eigenvalue weighted by molar-refractivity contribution is -0.126. The van der Waals surface area contributed by atoms with Gasteiger partial charge in [-0.15, -0.1) is 0 Å². The van der Waals surface area contributed by atoms with Gasteiger partial charge >= 0.3 is 0 Å². The van der Waals surface area contributed by atoms with E-state index in [9.17, 15) is 4.79 Å². The molecule has 74 valence electrons. The normalized spacial score (nSPS) is 16.6. The Balaban J connectivity index is 2.64. The third-order valence-corrected chi connectivity index (χ3v) is 3.00. The second-order valence-electron chi connectivity index (χ2n) is 3.21. The quantitative estimate of drug-likeness (QED) is 0.579. The molecule has 0 N–H and O–H groups in total. The van der Waals surface area contributed by atoms with Gasteiger partial charge in [0.2, 0.25) is 5.91 Å². The SMILES string of the molecule is CCN(C(=O)CI)C1=CCCCC1. The van der Waals surface area contributed by atoms with Crippen LogP contribution in [0, 0.1) is 0 Å². The lowest BCUT2D eigenvalue weighted by Crippen LogP contribution is -2.31. The van der Waals surface area contributed by atoms with Crippen LogP contribution >= 0.6 is 22.6 Å². The number of hydrogen-bond acceptors (Lipinski definition) is 1. The molecule has 0 aromatic carbocycles. The summed E-state index contributed by atoms with van der Waals surface area (Å²) in [6, 6.07) is 0. The third-order valence-electron chi connectivity index (χ3n) is 2.35. The van der Waals surface area contributed by atoms with Gasteiger partial charge in [-0.25, -0.2) is 0 Å². The molecule has 0 heterocycles. The Morgan fingerprint density at radius 2 is 2.38 bits per heavy atom. The van der Waals surface area contributed by atoms with Gasteiger partial charge in [0.25, 0.3) is 0 Å². The number of halogens is 1. The minimum absolute atomic E-state index is 0.247. The van der Waals surface area contributed by atoms with Crippen molar-refractivity contribution >= 4 is 28.5 Å². The van der Waals surface area contributed by atoms with Crippen molar-refractivity contribution in [2.45, 2.75) is 32.6 Å². The second kappa shape index (κ2) is 5.62. The second-order valence-corrected chi connectivity index (χ2v) is 3.98. The number of nitrogens with zero attached hydrogens (tertiary/aromatic N) is 1. The summed E-state index contributed by atoms with van der Waals surface area (Å²) < 4.78 is 0.586. The highest BCUT2D eigenvalue weighted by atomic mass is 127. The van der Waals surface area contributed by atoms with Gasteiger partial charge in [0, 0.05) is 12.2 Å². The lowest BCUT2D eigenvalue weighted by atomic mass is 10.0. The Morgan fingerprint density at radius 1 is 1.62 bits per heavy atom. The molecule has 0 fully saturated rings. The summed E-state index contributed by atoms with van der Waals surface area (Å²) in [5.74, 6) is 0.247. The van der Waals surface area contributed by atoms with Crippen LogP contribution in [-0.4, -0.2) is 21.8 Å². The van der Waals surface area contributed by atoms with Crippen LogP contribution in [0.4, 0.5) is 0 Å². The van der Waals surface area contributed by atoms with Crippen molar-refractivity contribution in [2.75, 3.05) is 11.0 Å². The van der Waals surface area contributed by atoms with Crippen LogP contribution in [0.2, 0.25) is 0 Å². The van der Waals surface area contributed by atoms with Crippen LogP contribution in [0.1, 0.15) is 32.6 Å². The molecule has 3 heteroatoms. The largest absolute Gasteiger partial charge is 0.316 e. The molecule has 1 aliphatic rings. The van der Waals surface area contributed by atoms with Gasteiger partial charge in [0.1, 0.15) is 0 Å². The van der Waals surface area contributed by atoms with Crippen molar-refractivity contribution in [1.82, 2.24) is 4.90 Å². The van der Waals surface area contributed by atoms with E-state index < -0.39 is 0 Å². The Bertz CT molecular complexity index is 213. The molecule has 13 heavy (non-hydrogen) atoms. The van der Waals surface area contributed by atoms with Crippen molar-refractivity contribution in [3.63, 3.8) is 0 Å². The van der Waals surface area contributed by atoms with E-state index in [2.05, 4.69) is 28.7 Å². The standard InChI is InChI=1S/C10H16INO/c1-2-12(10(13)8-11)9-6-4-3-5-7-9/h6H,2-5,7-8H2,1H3. The molecule has 2 nitrogen and oxygen atoms in total. The van der Waals surface area contributed by atoms with E-state index in [0.717, 1.165) is 19.4 Å². The zero-order valence-corrected chi connectivity index (χ0v) is 10.2. The van der Waals surface area contributed by atoms with E-state index in [-0.39, 0.29) is 5.91 Å². The maximum Gasteiger partial charge on any atom is 0.236 e. The van der Waals surface area contributed by atoms with Crippen LogP contribution in [0.5, 0.6) is 0 Å². The minimum atomic E-state index is 0.247. The van der Waals surface area contributed by atoms with Crippen molar-refractivity contribution in [1.29, 1.82) is 0 Å². The average molecular weight is 293 g/mol. The number of alkyl halides is 1. The van der Waals surface area contributed by atoms with Gasteiger partial charge in [0.15, 0.2) is 0 Å². The minimum Gasteiger partial charge on any atom is -0.316 e. The highest BCUT2D eigenvalue weighted by Crippen LogP contribution is 2.21. The summed E-state index contributed by atoms with van der Waals surface area (Å²) >= 11 is 2.13. The number of amides is 1. The van der Waals surface area contributed by atoms with Gasteiger partial charge in [0.05, 0.1) is 4.43 Å². The highest BCUT2D eigenvalue weighted by molar-refractivity contribution is 14.1. The monoisotopic (exact) mass is 293 g/mol. The van der Waals surface area contributed by atoms with Crippen LogP contribution in [0.25, 0.3) is 0 Å². The molecule has 0 aromatic rings. The summed E-state index contributed by atoms with van der Waals surface area (Å²) in [5.41, 5.74) is 1.25. The van der Waals surface area contributed by atoms with E-state index >= 15 is 0 Å². The molecule has 0 aromatic heterocycles. The van der Waals surface area contributed by atoms with E-state index in [4.69, 9.17) is 0 Å². The first-order chi connectivity index (χ1) is 6.29. The van der Waals surface area contributed by atoms with Gasteiger partial charge < -0.3 is 4.90 Å². The fourth-order valence-electron chi connectivity index (χ4n) is 1.68. The average Bonchev–Trinajstić information content (AvgIpc) is 2.20. The summed E-state index contributed by atoms with van der Waals surface area (Å²) in [4.78, 5) is 13.4. The Hall–Kier alpha value is -0.0600. The Kier molecular flexibility index (Phi) is 4.77. The molecule has 1 amide bonds. The fraction of sp³-hybridized carbons (Fsp3) is 0.700. The molecular weight excluding hydrogens is 277 g/mol. The maximum atomic E-state index is 11.5. The number of carbonyl (C=O) groups excluding carboxylic acids is 1. The molecule has 0 saturated carbocycles. The molecule has 0 saturated heterocycles. The summed E-state index contributed by atoms with van der Waals surface area (Å²) in [6.45, 7) is 2.85. The molecule has 0 aliphatic heterocycles. The van der Waals surface area contributed by atoms with Gasteiger partial charge in [-0.05, 0) is 32.6 Å². The molecule has 0 spiro atoms. The van der Waals surface area contributed by atoms with Gasteiger partial charge in [-0.1, -0.05) is 28.7 Å². The zero-order valence-electron chi connectivity index (χ0n) is 8.05. The predicted octanol–water partition coefficient (Wildman–Crippen LogP) is 2.73. The summed E-state index contributed by atoms with van der Waals surface area (Å²) in [5, 5.41) is 0. The predicted molar refractivity (Wildman–Crippen MR) is 62.8 cm³/mol. The molecule has 1 rings (SSSR count). The third kappa shape index (κ3) is 2.97. The van der Waals surface area contributed by atoms with E-state index in [1.54, 1.807) is 0 Å². The summed E-state index contributed by atoms with van der Waals surface area (Å²) in [7, 11) is 0. The Morgan fingerprint density at radius 3 is 2.85 bits per heavy atom. The number of rotatable bonds is 3.